The monoisotopic (exact) mass is 583 g/mol. The number of hydrogen-bond acceptors (Lipinski definition) is 9. The van der Waals surface area contributed by atoms with Crippen LogP contribution < -0.4 is 18.9 Å². The van der Waals surface area contributed by atoms with Crippen molar-refractivity contribution in [3.8, 4) is 34.3 Å². The van der Waals surface area contributed by atoms with Gasteiger partial charge in [-0.25, -0.2) is 0 Å². The second-order valence-corrected chi connectivity index (χ2v) is 10.8. The van der Waals surface area contributed by atoms with Crippen molar-refractivity contribution in [1.82, 2.24) is 5.16 Å². The van der Waals surface area contributed by atoms with Gasteiger partial charge in [0, 0.05) is 24.6 Å². The Morgan fingerprint density at radius 3 is 2.32 bits per heavy atom. The highest BCUT2D eigenvalue weighted by Crippen LogP contribution is 2.53. The van der Waals surface area contributed by atoms with Crippen LogP contribution in [0.25, 0.3) is 22.0 Å². The van der Waals surface area contributed by atoms with Gasteiger partial charge in [-0.3, -0.25) is 0 Å². The molecule has 4 aromatic rings. The molecule has 0 spiro atoms. The molecule has 5 rings (SSSR count). The molecule has 2 atom stereocenters. The Morgan fingerprint density at radius 2 is 1.68 bits per heavy atom. The third-order valence-corrected chi connectivity index (χ3v) is 7.43. The van der Waals surface area contributed by atoms with Crippen LogP contribution in [0.4, 0.5) is 0 Å². The van der Waals surface area contributed by atoms with E-state index in [-0.39, 0.29) is 19.5 Å². The van der Waals surface area contributed by atoms with E-state index in [9.17, 15) is 0 Å². The average molecular weight is 584 g/mol. The second kappa shape index (κ2) is 11.4. The average Bonchev–Trinajstić information content (AvgIpc) is 3.52. The molecule has 41 heavy (non-hydrogen) atoms. The first-order valence-corrected chi connectivity index (χ1v) is 13.5. The number of fused-ring (bicyclic) bond motifs is 1. The Bertz CT molecular complexity index is 1540. The van der Waals surface area contributed by atoms with E-state index in [1.807, 2.05) is 70.2 Å². The zero-order valence-corrected chi connectivity index (χ0v) is 25.0. The van der Waals surface area contributed by atoms with Crippen LogP contribution in [0.1, 0.15) is 39.0 Å². The number of halogens is 1. The Kier molecular flexibility index (Phi) is 8.07. The molecule has 10 heteroatoms. The van der Waals surface area contributed by atoms with Crippen LogP contribution in [0.2, 0.25) is 5.02 Å². The van der Waals surface area contributed by atoms with Crippen molar-refractivity contribution >= 4 is 22.4 Å². The maximum atomic E-state index is 6.67. The van der Waals surface area contributed by atoms with Crippen molar-refractivity contribution in [3.63, 3.8) is 0 Å². The molecule has 0 radical (unpaired) electrons. The number of benzene rings is 3. The van der Waals surface area contributed by atoms with Crippen LogP contribution in [0.15, 0.2) is 53.1 Å². The van der Waals surface area contributed by atoms with E-state index in [2.05, 4.69) is 5.16 Å². The number of ether oxygens (including phenoxy) is 7. The lowest BCUT2D eigenvalue weighted by molar-refractivity contribution is -0.165. The van der Waals surface area contributed by atoms with E-state index in [4.69, 9.17) is 49.3 Å². The summed E-state index contributed by atoms with van der Waals surface area (Å²) in [5, 5.41) is 6.08. The van der Waals surface area contributed by atoms with Gasteiger partial charge in [-0.2, -0.15) is 0 Å². The Labute approximate surface area is 244 Å². The zero-order valence-electron chi connectivity index (χ0n) is 24.2. The van der Waals surface area contributed by atoms with Crippen LogP contribution in [-0.2, 0) is 26.4 Å². The summed E-state index contributed by atoms with van der Waals surface area (Å²) >= 11 is 6.67. The number of methoxy groups -OCH3 is 3. The molecule has 0 amide bonds. The van der Waals surface area contributed by atoms with Gasteiger partial charge in [0.25, 0.3) is 0 Å². The fraction of sp³-hybridized carbons (Fsp3) is 0.387. The van der Waals surface area contributed by atoms with E-state index in [1.54, 1.807) is 27.4 Å². The first-order chi connectivity index (χ1) is 19.6. The fourth-order valence-electron chi connectivity index (χ4n) is 5.19. The van der Waals surface area contributed by atoms with E-state index >= 15 is 0 Å². The third-order valence-electron chi connectivity index (χ3n) is 7.14. The molecule has 0 bridgehead atoms. The summed E-state index contributed by atoms with van der Waals surface area (Å²) in [6, 6.07) is 15.1. The lowest BCUT2D eigenvalue weighted by atomic mass is 9.95. The van der Waals surface area contributed by atoms with Crippen LogP contribution in [0, 0.1) is 0 Å². The summed E-state index contributed by atoms with van der Waals surface area (Å²) in [7, 11) is 4.67. The molecule has 218 valence electrons. The maximum Gasteiger partial charge on any atom is 0.188 e. The van der Waals surface area contributed by atoms with Crippen molar-refractivity contribution < 1.29 is 37.7 Å². The summed E-state index contributed by atoms with van der Waals surface area (Å²) in [5.74, 6) is 1.51. The zero-order chi connectivity index (χ0) is 29.4. The van der Waals surface area contributed by atoms with E-state index < -0.39 is 11.4 Å². The summed E-state index contributed by atoms with van der Waals surface area (Å²) in [6.07, 6.45) is -0.295. The normalized spacial score (nSPS) is 19.9. The number of nitrogens with zero attached hydrogens (tertiary/aromatic N) is 1. The van der Waals surface area contributed by atoms with Gasteiger partial charge in [0.15, 0.2) is 23.9 Å². The van der Waals surface area contributed by atoms with Crippen molar-refractivity contribution in [2.24, 2.45) is 0 Å². The Balaban J connectivity index is 1.76. The van der Waals surface area contributed by atoms with Crippen molar-refractivity contribution in [2.45, 2.75) is 51.8 Å². The van der Waals surface area contributed by atoms with Crippen LogP contribution in [0.5, 0.6) is 23.0 Å². The van der Waals surface area contributed by atoms with Gasteiger partial charge in [-0.05, 0) is 39.3 Å². The molecule has 1 aliphatic rings. The Hall–Kier alpha value is -3.50. The highest BCUT2D eigenvalue weighted by atomic mass is 35.5. The quantitative estimate of drug-likeness (QED) is 0.181. The minimum absolute atomic E-state index is 0.0196. The number of aromatic nitrogens is 1. The predicted molar refractivity (Wildman–Crippen MR) is 154 cm³/mol. The second-order valence-electron chi connectivity index (χ2n) is 10.4. The molecule has 1 saturated heterocycles. The predicted octanol–water partition coefficient (Wildman–Crippen LogP) is 7.11. The molecule has 1 fully saturated rings. The molecular weight excluding hydrogens is 550 g/mol. The van der Waals surface area contributed by atoms with Gasteiger partial charge in [-0.1, -0.05) is 47.1 Å². The van der Waals surface area contributed by atoms with Gasteiger partial charge >= 0.3 is 0 Å². The lowest BCUT2D eigenvalue weighted by Gasteiger charge is -2.24. The van der Waals surface area contributed by atoms with Crippen molar-refractivity contribution in [3.05, 3.63) is 64.9 Å². The van der Waals surface area contributed by atoms with Crippen molar-refractivity contribution in [2.75, 3.05) is 28.1 Å². The Morgan fingerprint density at radius 1 is 0.927 bits per heavy atom. The molecule has 2 heterocycles. The molecule has 1 aromatic heterocycles. The fourth-order valence-corrected chi connectivity index (χ4v) is 5.46. The highest BCUT2D eigenvalue weighted by Gasteiger charge is 2.51. The molecule has 0 saturated carbocycles. The maximum absolute atomic E-state index is 6.67. The molecule has 0 N–H and O–H groups in total. The standard InChI is InChI=1S/C31H34ClNO8/c1-18-31(4,41-30(2,3)39-18)25-15-22(33-40-25)27-24(38-17-34-5)13-20-23(35-6)14-21(32)28(36-7)26(20)29(27)37-16-19-11-9-8-10-12-19/h8-15,18H,16-17H2,1-7H3/t18-,31+/m0/s1. The SMILES string of the molecule is COCOc1cc2c(OC)cc(Cl)c(OC)c2c(OCc2ccccc2)c1-c1cc([C@]2(C)OC(C)(C)O[C@H]2C)on1. The van der Waals surface area contributed by atoms with Crippen molar-refractivity contribution in [1.29, 1.82) is 0 Å². The molecule has 0 aliphatic carbocycles. The van der Waals surface area contributed by atoms with Crippen LogP contribution in [-0.4, -0.2) is 45.2 Å². The highest BCUT2D eigenvalue weighted by molar-refractivity contribution is 6.34. The summed E-state index contributed by atoms with van der Waals surface area (Å²) in [6.45, 7) is 7.82. The molecular formula is C31H34ClNO8. The molecule has 1 aliphatic heterocycles. The van der Waals surface area contributed by atoms with Gasteiger partial charge in [0.1, 0.15) is 35.3 Å². The lowest BCUT2D eigenvalue weighted by Crippen LogP contribution is -2.31. The largest absolute Gasteiger partial charge is 0.496 e. The topological polar surface area (TPSA) is 90.6 Å². The van der Waals surface area contributed by atoms with Gasteiger partial charge < -0.3 is 37.7 Å². The minimum atomic E-state index is -0.881. The van der Waals surface area contributed by atoms with Gasteiger partial charge in [0.2, 0.25) is 0 Å². The molecule has 9 nitrogen and oxygen atoms in total. The van der Waals surface area contributed by atoms with Crippen LogP contribution >= 0.6 is 11.6 Å². The first kappa shape index (κ1) is 29.0. The number of rotatable bonds is 10. The van der Waals surface area contributed by atoms with Gasteiger partial charge in [0.05, 0.1) is 36.3 Å². The minimum Gasteiger partial charge on any atom is -0.496 e. The number of hydrogen-bond donors (Lipinski definition) is 0. The smallest absolute Gasteiger partial charge is 0.188 e. The van der Waals surface area contributed by atoms with E-state index in [0.717, 1.165) is 5.56 Å². The third kappa shape index (κ3) is 5.42. The summed E-state index contributed by atoms with van der Waals surface area (Å²) in [4.78, 5) is 0. The first-order valence-electron chi connectivity index (χ1n) is 13.2. The van der Waals surface area contributed by atoms with E-state index in [1.165, 1.54) is 0 Å². The van der Waals surface area contributed by atoms with Crippen LogP contribution in [0.3, 0.4) is 0 Å². The van der Waals surface area contributed by atoms with Gasteiger partial charge in [-0.15, -0.1) is 0 Å². The molecule has 0 unspecified atom stereocenters. The van der Waals surface area contributed by atoms with E-state index in [0.29, 0.717) is 55.8 Å². The molecule has 3 aromatic carbocycles. The summed E-state index contributed by atoms with van der Waals surface area (Å²) in [5.41, 5.74) is 1.06. The summed E-state index contributed by atoms with van der Waals surface area (Å²) < 4.78 is 47.6.